The minimum absolute atomic E-state index is 0.104. The lowest BCUT2D eigenvalue weighted by Crippen LogP contribution is -2.40. The highest BCUT2D eigenvalue weighted by molar-refractivity contribution is 5.80. The van der Waals surface area contributed by atoms with Gasteiger partial charge in [0.25, 0.3) is 0 Å². The second-order valence-electron chi connectivity index (χ2n) is 7.70. The highest BCUT2D eigenvalue weighted by Crippen LogP contribution is 2.30. The number of fused-ring (bicyclic) bond motifs is 3. The first-order valence-electron chi connectivity index (χ1n) is 9.80. The third-order valence-corrected chi connectivity index (χ3v) is 6.04. The summed E-state index contributed by atoms with van der Waals surface area (Å²) in [5.74, 6) is 2.30. The van der Waals surface area contributed by atoms with Gasteiger partial charge >= 0.3 is 0 Å². The predicted octanol–water partition coefficient (Wildman–Crippen LogP) is 2.09. The summed E-state index contributed by atoms with van der Waals surface area (Å²) >= 11 is 0. The quantitative estimate of drug-likeness (QED) is 0.841. The molecule has 1 aromatic rings. The Morgan fingerprint density at radius 3 is 2.64 bits per heavy atom. The van der Waals surface area contributed by atoms with E-state index in [1.54, 1.807) is 0 Å². The summed E-state index contributed by atoms with van der Waals surface area (Å²) in [4.78, 5) is 29.0. The Hall–Kier alpha value is -1.85. The van der Waals surface area contributed by atoms with Crippen LogP contribution >= 0.6 is 0 Å². The molecule has 0 radical (unpaired) electrons. The molecule has 3 aliphatic rings. The average molecular weight is 343 g/mol. The Morgan fingerprint density at radius 1 is 1.08 bits per heavy atom. The molecule has 3 saturated heterocycles. The second-order valence-corrected chi connectivity index (χ2v) is 7.70. The largest absolute Gasteiger partial charge is 0.354 e. The van der Waals surface area contributed by atoms with Crippen molar-refractivity contribution in [2.75, 3.05) is 43.0 Å². The van der Waals surface area contributed by atoms with Crippen LogP contribution in [0.4, 0.5) is 11.8 Å². The average Bonchev–Trinajstić information content (AvgIpc) is 3.08. The molecule has 0 N–H and O–H groups in total. The van der Waals surface area contributed by atoms with Crippen molar-refractivity contribution in [1.29, 1.82) is 0 Å². The maximum Gasteiger partial charge on any atom is 0.227 e. The maximum absolute atomic E-state index is 12.7. The van der Waals surface area contributed by atoms with E-state index in [2.05, 4.69) is 22.8 Å². The van der Waals surface area contributed by atoms with Gasteiger partial charge in [0.15, 0.2) is 0 Å². The zero-order valence-corrected chi connectivity index (χ0v) is 15.4. The van der Waals surface area contributed by atoms with Crippen molar-refractivity contribution < 1.29 is 4.79 Å². The number of carbonyl (C=O) groups is 1. The molecule has 4 rings (SSSR count). The van der Waals surface area contributed by atoms with Gasteiger partial charge in [-0.1, -0.05) is 13.3 Å². The molecule has 2 bridgehead atoms. The van der Waals surface area contributed by atoms with E-state index in [9.17, 15) is 4.79 Å². The molecular weight excluding hydrogens is 314 g/mol. The minimum atomic E-state index is 0.104. The van der Waals surface area contributed by atoms with E-state index < -0.39 is 0 Å². The smallest absolute Gasteiger partial charge is 0.227 e. The molecule has 25 heavy (non-hydrogen) atoms. The molecule has 0 saturated carbocycles. The minimum Gasteiger partial charge on any atom is -0.354 e. The van der Waals surface area contributed by atoms with Crippen molar-refractivity contribution in [3.8, 4) is 0 Å². The number of nitrogens with zero attached hydrogens (tertiary/aromatic N) is 5. The lowest BCUT2D eigenvalue weighted by molar-refractivity contribution is -0.134. The topological polar surface area (TPSA) is 52.6 Å². The van der Waals surface area contributed by atoms with Crippen LogP contribution < -0.4 is 9.80 Å². The molecule has 2 atom stereocenters. The molecular formula is C19H29N5O. The molecule has 136 valence electrons. The number of rotatable bonds is 3. The van der Waals surface area contributed by atoms with E-state index in [4.69, 9.17) is 9.97 Å². The Labute approximate surface area is 150 Å². The first-order chi connectivity index (χ1) is 12.2. The van der Waals surface area contributed by atoms with Crippen LogP contribution in [0.15, 0.2) is 6.07 Å². The van der Waals surface area contributed by atoms with Gasteiger partial charge in [0, 0.05) is 51.0 Å². The van der Waals surface area contributed by atoms with Gasteiger partial charge in [-0.05, 0) is 32.1 Å². The molecule has 6 nitrogen and oxygen atoms in total. The number of hydrogen-bond donors (Lipinski definition) is 0. The molecule has 1 amide bonds. The summed E-state index contributed by atoms with van der Waals surface area (Å²) in [6.07, 6.45) is 6.61. The summed E-state index contributed by atoms with van der Waals surface area (Å²) < 4.78 is 0. The summed E-state index contributed by atoms with van der Waals surface area (Å²) in [5.41, 5.74) is 1.10. The van der Waals surface area contributed by atoms with E-state index in [0.717, 1.165) is 69.3 Å². The van der Waals surface area contributed by atoms with E-state index in [1.165, 1.54) is 12.8 Å². The van der Waals surface area contributed by atoms with E-state index in [0.29, 0.717) is 11.9 Å². The fourth-order valence-electron chi connectivity index (χ4n) is 4.42. The lowest BCUT2D eigenvalue weighted by atomic mass is 9.99. The number of aryl methyl sites for hydroxylation is 1. The zero-order valence-electron chi connectivity index (χ0n) is 15.4. The molecule has 3 aliphatic heterocycles. The van der Waals surface area contributed by atoms with Crippen LogP contribution in [0.1, 0.15) is 44.7 Å². The number of amides is 1. The highest BCUT2D eigenvalue weighted by Gasteiger charge is 2.37. The first kappa shape index (κ1) is 16.6. The monoisotopic (exact) mass is 343 g/mol. The Morgan fingerprint density at radius 2 is 1.88 bits per heavy atom. The molecule has 0 unspecified atom stereocenters. The Kier molecular flexibility index (Phi) is 4.52. The van der Waals surface area contributed by atoms with E-state index in [-0.39, 0.29) is 5.92 Å². The van der Waals surface area contributed by atoms with Gasteiger partial charge in [0.1, 0.15) is 5.82 Å². The number of carbonyl (C=O) groups excluding carboxylic acids is 1. The Balaban J connectivity index is 1.66. The lowest BCUT2D eigenvalue weighted by Gasteiger charge is -2.31. The molecule has 3 fully saturated rings. The van der Waals surface area contributed by atoms with Crippen molar-refractivity contribution in [2.24, 2.45) is 5.92 Å². The summed E-state index contributed by atoms with van der Waals surface area (Å²) in [6, 6.07) is 2.43. The molecule has 6 heteroatoms. The fourth-order valence-corrected chi connectivity index (χ4v) is 4.42. The molecule has 0 aromatic carbocycles. The third-order valence-electron chi connectivity index (χ3n) is 6.04. The number of hydrogen-bond acceptors (Lipinski definition) is 5. The third kappa shape index (κ3) is 3.18. The van der Waals surface area contributed by atoms with Crippen LogP contribution in [-0.4, -0.2) is 60.0 Å². The van der Waals surface area contributed by atoms with Crippen molar-refractivity contribution in [1.82, 2.24) is 14.9 Å². The maximum atomic E-state index is 12.7. The van der Waals surface area contributed by atoms with Crippen LogP contribution in [0.2, 0.25) is 0 Å². The SMILES string of the molecule is CCc1cc(N2C[C@H]3CCC[C@@H](C2)N(C)C3=O)nc(N2CCCC2)n1. The molecule has 0 spiro atoms. The summed E-state index contributed by atoms with van der Waals surface area (Å²) in [6.45, 7) is 5.93. The molecule has 0 aliphatic carbocycles. The van der Waals surface area contributed by atoms with E-state index in [1.807, 2.05) is 11.9 Å². The molecule has 1 aromatic heterocycles. The summed E-state index contributed by atoms with van der Waals surface area (Å²) in [5, 5.41) is 0. The van der Waals surface area contributed by atoms with Crippen LogP contribution in [0.3, 0.4) is 0 Å². The van der Waals surface area contributed by atoms with Gasteiger partial charge in [-0.3, -0.25) is 4.79 Å². The van der Waals surface area contributed by atoms with Crippen molar-refractivity contribution in [2.45, 2.75) is 51.5 Å². The van der Waals surface area contributed by atoms with Gasteiger partial charge in [-0.2, -0.15) is 4.98 Å². The van der Waals surface area contributed by atoms with Gasteiger partial charge in [0.2, 0.25) is 11.9 Å². The van der Waals surface area contributed by atoms with Crippen LogP contribution in [-0.2, 0) is 11.2 Å². The van der Waals surface area contributed by atoms with E-state index >= 15 is 0 Å². The number of aromatic nitrogens is 2. The standard InChI is InChI=1S/C19H29N5O/c1-3-15-11-17(21-19(20-15)23-9-4-5-10-23)24-12-14-7-6-8-16(13-24)22(2)18(14)25/h11,14,16H,3-10,12-13H2,1-2H3/t14-,16+/m1/s1. The van der Waals surface area contributed by atoms with Crippen molar-refractivity contribution in [3.63, 3.8) is 0 Å². The predicted molar refractivity (Wildman–Crippen MR) is 99.0 cm³/mol. The van der Waals surface area contributed by atoms with Crippen molar-refractivity contribution >= 4 is 17.7 Å². The van der Waals surface area contributed by atoms with Gasteiger partial charge < -0.3 is 14.7 Å². The van der Waals surface area contributed by atoms with Crippen LogP contribution in [0.25, 0.3) is 0 Å². The normalized spacial score (nSPS) is 27.0. The van der Waals surface area contributed by atoms with Crippen LogP contribution in [0, 0.1) is 5.92 Å². The van der Waals surface area contributed by atoms with Gasteiger partial charge in [0.05, 0.1) is 5.92 Å². The summed E-state index contributed by atoms with van der Waals surface area (Å²) in [7, 11) is 1.97. The van der Waals surface area contributed by atoms with Crippen molar-refractivity contribution in [3.05, 3.63) is 11.8 Å². The number of likely N-dealkylation sites (N-methyl/N-ethyl adjacent to an activating group) is 1. The second kappa shape index (κ2) is 6.81. The fraction of sp³-hybridized carbons (Fsp3) is 0.737. The van der Waals surface area contributed by atoms with Crippen LogP contribution in [0.5, 0.6) is 0 Å². The highest BCUT2D eigenvalue weighted by atomic mass is 16.2. The van der Waals surface area contributed by atoms with Gasteiger partial charge in [-0.25, -0.2) is 4.98 Å². The van der Waals surface area contributed by atoms with Gasteiger partial charge in [-0.15, -0.1) is 0 Å². The Bertz CT molecular complexity index is 643. The number of anilines is 2. The first-order valence-corrected chi connectivity index (χ1v) is 9.80. The zero-order chi connectivity index (χ0) is 17.4. The molecule has 4 heterocycles.